The van der Waals surface area contributed by atoms with E-state index in [4.69, 9.17) is 0 Å². The average Bonchev–Trinajstić information content (AvgIpc) is 3.15. The molecule has 1 aliphatic heterocycles. The third kappa shape index (κ3) is 6.50. The van der Waals surface area contributed by atoms with Crippen LogP contribution in [0.1, 0.15) is 64.8 Å². The Morgan fingerprint density at radius 1 is 1.15 bits per heavy atom. The van der Waals surface area contributed by atoms with Crippen LogP contribution >= 0.6 is 11.8 Å². The highest BCUT2D eigenvalue weighted by molar-refractivity contribution is 8.00. The zero-order chi connectivity index (χ0) is 24.2. The highest BCUT2D eigenvalue weighted by Gasteiger charge is 2.35. The summed E-state index contributed by atoms with van der Waals surface area (Å²) in [5.41, 5.74) is -1.15. The number of nitrogens with one attached hydrogen (secondary N) is 1. The second-order valence-electron chi connectivity index (χ2n) is 9.07. The van der Waals surface area contributed by atoms with E-state index in [1.54, 1.807) is 13.0 Å². The van der Waals surface area contributed by atoms with Crippen LogP contribution in [0.4, 0.5) is 13.2 Å². The number of thioether (sulfide) groups is 1. The zero-order valence-electron chi connectivity index (χ0n) is 19.6. The molecule has 182 valence electrons. The van der Waals surface area contributed by atoms with Gasteiger partial charge in [-0.2, -0.15) is 13.2 Å². The average molecular weight is 484 g/mol. The quantitative estimate of drug-likeness (QED) is 0.532. The molecule has 1 aromatic heterocycles. The lowest BCUT2D eigenvalue weighted by molar-refractivity contribution is -0.137. The third-order valence-electron chi connectivity index (χ3n) is 5.96. The standard InChI is InChI=1S/C23H32F3N5OS/c1-5-22(3,4)27-20(32)16(2)33-21-29-28-19(15-30-13-9-6-10-14-30)31(21)18-12-8-7-11-17(18)23(24,25)26/h7-8,11-12,16H,5-6,9-10,13-15H2,1-4H3,(H,27,32). The Labute approximate surface area is 197 Å². The molecule has 1 saturated heterocycles. The van der Waals surface area contributed by atoms with E-state index >= 15 is 0 Å². The Bertz CT molecular complexity index is 954. The number of nitrogens with zero attached hydrogens (tertiary/aromatic N) is 4. The van der Waals surface area contributed by atoms with E-state index in [-0.39, 0.29) is 22.3 Å². The van der Waals surface area contributed by atoms with Gasteiger partial charge in [0.15, 0.2) is 11.0 Å². The third-order valence-corrected chi connectivity index (χ3v) is 7.00. The molecule has 0 aliphatic carbocycles. The fourth-order valence-corrected chi connectivity index (χ4v) is 4.56. The van der Waals surface area contributed by atoms with Crippen molar-refractivity contribution in [3.63, 3.8) is 0 Å². The summed E-state index contributed by atoms with van der Waals surface area (Å²) < 4.78 is 43.0. The molecule has 1 N–H and O–H groups in total. The Kier molecular flexibility index (Phi) is 8.10. The number of carbonyl (C=O) groups excluding carboxylic acids is 1. The summed E-state index contributed by atoms with van der Waals surface area (Å²) in [5.74, 6) is 0.251. The second-order valence-corrected chi connectivity index (χ2v) is 10.4. The molecule has 1 aliphatic rings. The number of hydrogen-bond acceptors (Lipinski definition) is 5. The molecule has 10 heteroatoms. The molecule has 1 fully saturated rings. The van der Waals surface area contributed by atoms with Crippen LogP contribution in [0.2, 0.25) is 0 Å². The number of halogens is 3. The lowest BCUT2D eigenvalue weighted by Gasteiger charge is -2.27. The highest BCUT2D eigenvalue weighted by Crippen LogP contribution is 2.36. The fourth-order valence-electron chi connectivity index (χ4n) is 3.68. The summed E-state index contributed by atoms with van der Waals surface area (Å²) in [4.78, 5) is 14.9. The minimum Gasteiger partial charge on any atom is -0.350 e. The zero-order valence-corrected chi connectivity index (χ0v) is 20.4. The van der Waals surface area contributed by atoms with Crippen LogP contribution in [0.5, 0.6) is 0 Å². The first-order chi connectivity index (χ1) is 15.5. The lowest BCUT2D eigenvalue weighted by Crippen LogP contribution is -2.46. The van der Waals surface area contributed by atoms with Crippen molar-refractivity contribution in [2.45, 2.75) is 82.0 Å². The number of piperidine rings is 1. The maximum Gasteiger partial charge on any atom is 0.418 e. The van der Waals surface area contributed by atoms with Gasteiger partial charge in [-0.05, 0) is 65.3 Å². The molecule has 0 saturated carbocycles. The summed E-state index contributed by atoms with van der Waals surface area (Å²) >= 11 is 1.12. The summed E-state index contributed by atoms with van der Waals surface area (Å²) in [7, 11) is 0. The van der Waals surface area contributed by atoms with E-state index in [0.717, 1.165) is 56.6 Å². The molecular formula is C23H32F3N5OS. The molecule has 1 amide bonds. The van der Waals surface area contributed by atoms with E-state index in [1.165, 1.54) is 16.7 Å². The monoisotopic (exact) mass is 483 g/mol. The Morgan fingerprint density at radius 2 is 1.82 bits per heavy atom. The summed E-state index contributed by atoms with van der Waals surface area (Å²) in [6.07, 6.45) is -0.509. The van der Waals surface area contributed by atoms with Gasteiger partial charge in [-0.25, -0.2) is 0 Å². The van der Waals surface area contributed by atoms with E-state index in [9.17, 15) is 18.0 Å². The number of rotatable bonds is 8. The minimum absolute atomic E-state index is 0.0222. The summed E-state index contributed by atoms with van der Waals surface area (Å²) in [6, 6.07) is 5.44. The van der Waals surface area contributed by atoms with E-state index in [1.807, 2.05) is 20.8 Å². The molecular weight excluding hydrogens is 451 g/mol. The van der Waals surface area contributed by atoms with Crippen molar-refractivity contribution in [2.24, 2.45) is 0 Å². The van der Waals surface area contributed by atoms with Gasteiger partial charge in [0.2, 0.25) is 5.91 Å². The fraction of sp³-hybridized carbons (Fsp3) is 0.609. The number of hydrogen-bond donors (Lipinski definition) is 1. The first-order valence-corrected chi connectivity index (χ1v) is 12.2. The Balaban J connectivity index is 1.97. The number of para-hydroxylation sites is 1. The number of benzene rings is 1. The minimum atomic E-state index is -4.53. The van der Waals surface area contributed by atoms with Crippen molar-refractivity contribution in [3.8, 4) is 5.69 Å². The summed E-state index contributed by atoms with van der Waals surface area (Å²) in [6.45, 7) is 9.73. The van der Waals surface area contributed by atoms with Gasteiger partial charge in [0.05, 0.1) is 23.0 Å². The smallest absolute Gasteiger partial charge is 0.350 e. The van der Waals surface area contributed by atoms with Crippen molar-refractivity contribution in [2.75, 3.05) is 13.1 Å². The van der Waals surface area contributed by atoms with Gasteiger partial charge >= 0.3 is 6.18 Å². The first-order valence-electron chi connectivity index (χ1n) is 11.3. The van der Waals surface area contributed by atoms with Gasteiger partial charge in [0, 0.05) is 5.54 Å². The molecule has 33 heavy (non-hydrogen) atoms. The van der Waals surface area contributed by atoms with Crippen LogP contribution in [-0.4, -0.2) is 49.4 Å². The predicted octanol–water partition coefficient (Wildman–Crippen LogP) is 5.06. The molecule has 2 aromatic rings. The Morgan fingerprint density at radius 3 is 2.45 bits per heavy atom. The normalized spacial score (nSPS) is 16.6. The highest BCUT2D eigenvalue weighted by atomic mass is 32.2. The maximum absolute atomic E-state index is 13.8. The van der Waals surface area contributed by atoms with Crippen LogP contribution in [-0.2, 0) is 17.5 Å². The van der Waals surface area contributed by atoms with Gasteiger partial charge < -0.3 is 5.32 Å². The van der Waals surface area contributed by atoms with Gasteiger partial charge in [-0.15, -0.1) is 10.2 Å². The van der Waals surface area contributed by atoms with E-state index in [2.05, 4.69) is 20.4 Å². The summed E-state index contributed by atoms with van der Waals surface area (Å²) in [5, 5.41) is 11.2. The first kappa shape index (κ1) is 25.6. The SMILES string of the molecule is CCC(C)(C)NC(=O)C(C)Sc1nnc(CN2CCCCC2)n1-c1ccccc1C(F)(F)F. The molecule has 2 heterocycles. The Hall–Kier alpha value is -2.07. The van der Waals surface area contributed by atoms with Crippen LogP contribution in [0.3, 0.4) is 0 Å². The molecule has 0 radical (unpaired) electrons. The lowest BCUT2D eigenvalue weighted by atomic mass is 10.0. The molecule has 0 spiro atoms. The van der Waals surface area contributed by atoms with Crippen molar-refractivity contribution in [3.05, 3.63) is 35.7 Å². The molecule has 1 aromatic carbocycles. The van der Waals surface area contributed by atoms with Crippen molar-refractivity contribution in [1.82, 2.24) is 25.0 Å². The van der Waals surface area contributed by atoms with E-state index in [0.29, 0.717) is 12.4 Å². The van der Waals surface area contributed by atoms with Crippen LogP contribution in [0, 0.1) is 0 Å². The van der Waals surface area contributed by atoms with Crippen LogP contribution < -0.4 is 5.32 Å². The van der Waals surface area contributed by atoms with Gasteiger partial charge in [-0.3, -0.25) is 14.3 Å². The number of aromatic nitrogens is 3. The van der Waals surface area contributed by atoms with Crippen LogP contribution in [0.25, 0.3) is 5.69 Å². The number of amides is 1. The predicted molar refractivity (Wildman–Crippen MR) is 123 cm³/mol. The molecule has 3 rings (SSSR count). The number of likely N-dealkylation sites (tertiary alicyclic amines) is 1. The van der Waals surface area contributed by atoms with Crippen molar-refractivity contribution >= 4 is 17.7 Å². The second kappa shape index (κ2) is 10.5. The number of carbonyl (C=O) groups is 1. The molecule has 6 nitrogen and oxygen atoms in total. The molecule has 1 unspecified atom stereocenters. The van der Waals surface area contributed by atoms with Crippen molar-refractivity contribution in [1.29, 1.82) is 0 Å². The van der Waals surface area contributed by atoms with Crippen LogP contribution in [0.15, 0.2) is 29.4 Å². The van der Waals surface area contributed by atoms with E-state index < -0.39 is 17.0 Å². The molecule has 0 bridgehead atoms. The van der Waals surface area contributed by atoms with Gasteiger partial charge in [-0.1, -0.05) is 37.2 Å². The maximum atomic E-state index is 13.8. The topological polar surface area (TPSA) is 63.1 Å². The van der Waals surface area contributed by atoms with Crippen molar-refractivity contribution < 1.29 is 18.0 Å². The van der Waals surface area contributed by atoms with Gasteiger partial charge in [0.1, 0.15) is 0 Å². The number of alkyl halides is 3. The van der Waals surface area contributed by atoms with Gasteiger partial charge in [0.25, 0.3) is 0 Å². The molecule has 1 atom stereocenters. The largest absolute Gasteiger partial charge is 0.418 e.